The summed E-state index contributed by atoms with van der Waals surface area (Å²) in [6.45, 7) is 0. The Balaban J connectivity index is 2.51. The van der Waals surface area contributed by atoms with Crippen molar-refractivity contribution in [1.29, 1.82) is 0 Å². The first-order chi connectivity index (χ1) is 5.70. The Morgan fingerprint density at radius 1 is 1.33 bits per heavy atom. The first kappa shape index (κ1) is 9.04. The van der Waals surface area contributed by atoms with E-state index in [1.807, 2.05) is 37.3 Å². The van der Waals surface area contributed by atoms with Crippen LogP contribution < -0.4 is 0 Å². The van der Waals surface area contributed by atoms with Crippen LogP contribution in [0.2, 0.25) is 0 Å². The van der Waals surface area contributed by atoms with Crippen molar-refractivity contribution in [2.75, 3.05) is 14.1 Å². The van der Waals surface area contributed by atoms with Gasteiger partial charge in [0.25, 0.3) is 0 Å². The Bertz CT molecular complexity index is 226. The molecule has 0 bridgehead atoms. The molecule has 0 atom stereocenters. The van der Waals surface area contributed by atoms with Gasteiger partial charge in [0.2, 0.25) is 0 Å². The number of ketones is 1. The van der Waals surface area contributed by atoms with Crippen molar-refractivity contribution < 1.29 is 4.79 Å². The van der Waals surface area contributed by atoms with Gasteiger partial charge >= 0.3 is 0 Å². The Morgan fingerprint density at radius 2 is 2.08 bits per heavy atom. The molecule has 2 heteroatoms. The van der Waals surface area contributed by atoms with Crippen LogP contribution in [0.1, 0.15) is 19.3 Å². The van der Waals surface area contributed by atoms with Crippen molar-refractivity contribution in [2.24, 2.45) is 0 Å². The van der Waals surface area contributed by atoms with Crippen LogP contribution in [-0.2, 0) is 4.79 Å². The van der Waals surface area contributed by atoms with Gasteiger partial charge in [-0.05, 0) is 30.7 Å². The SMILES string of the molecule is CN(C)C=CC=C1CCCC1=O. The molecular weight excluding hydrogens is 150 g/mol. The lowest BCUT2D eigenvalue weighted by molar-refractivity contribution is -0.114. The summed E-state index contributed by atoms with van der Waals surface area (Å²) in [5.41, 5.74) is 0.980. The first-order valence-corrected chi connectivity index (χ1v) is 4.27. The number of allylic oxidation sites excluding steroid dienone is 3. The maximum atomic E-state index is 11.1. The van der Waals surface area contributed by atoms with E-state index in [9.17, 15) is 4.79 Å². The molecule has 66 valence electrons. The zero-order valence-electron chi connectivity index (χ0n) is 7.71. The second kappa shape index (κ2) is 4.10. The van der Waals surface area contributed by atoms with E-state index in [4.69, 9.17) is 0 Å². The number of hydrogen-bond donors (Lipinski definition) is 0. The minimum atomic E-state index is 0.318. The van der Waals surface area contributed by atoms with Crippen molar-refractivity contribution in [3.63, 3.8) is 0 Å². The summed E-state index contributed by atoms with van der Waals surface area (Å²) in [4.78, 5) is 13.1. The van der Waals surface area contributed by atoms with E-state index in [1.54, 1.807) is 0 Å². The second-order valence-electron chi connectivity index (χ2n) is 3.27. The molecule has 0 aromatic heterocycles. The van der Waals surface area contributed by atoms with Crippen LogP contribution in [0, 0.1) is 0 Å². The largest absolute Gasteiger partial charge is 0.383 e. The van der Waals surface area contributed by atoms with Gasteiger partial charge in [0.15, 0.2) is 5.78 Å². The van der Waals surface area contributed by atoms with Gasteiger partial charge in [-0.2, -0.15) is 0 Å². The summed E-state index contributed by atoms with van der Waals surface area (Å²) in [5.74, 6) is 0.318. The highest BCUT2D eigenvalue weighted by atomic mass is 16.1. The summed E-state index contributed by atoms with van der Waals surface area (Å²) < 4.78 is 0. The summed E-state index contributed by atoms with van der Waals surface area (Å²) >= 11 is 0. The number of Topliss-reactive ketones (excluding diaryl/α,β-unsaturated/α-hetero) is 1. The normalized spacial score (nSPS) is 21.2. The Morgan fingerprint density at radius 3 is 2.58 bits per heavy atom. The molecule has 2 nitrogen and oxygen atoms in total. The standard InChI is InChI=1S/C10H15NO/c1-11(2)8-4-6-9-5-3-7-10(9)12/h4,6,8H,3,5,7H2,1-2H3. The van der Waals surface area contributed by atoms with Gasteiger partial charge in [-0.3, -0.25) is 4.79 Å². The Kier molecular flexibility index (Phi) is 3.09. The first-order valence-electron chi connectivity index (χ1n) is 4.27. The second-order valence-corrected chi connectivity index (χ2v) is 3.27. The van der Waals surface area contributed by atoms with E-state index in [2.05, 4.69) is 0 Å². The summed E-state index contributed by atoms with van der Waals surface area (Å²) in [7, 11) is 3.93. The Labute approximate surface area is 73.6 Å². The van der Waals surface area contributed by atoms with E-state index in [-0.39, 0.29) is 0 Å². The smallest absolute Gasteiger partial charge is 0.158 e. The highest BCUT2D eigenvalue weighted by molar-refractivity contribution is 5.97. The molecule has 1 aliphatic carbocycles. The molecule has 0 unspecified atom stereocenters. The molecule has 1 rings (SSSR count). The van der Waals surface area contributed by atoms with Gasteiger partial charge in [-0.1, -0.05) is 6.08 Å². The average Bonchev–Trinajstić information content (AvgIpc) is 2.36. The van der Waals surface area contributed by atoms with Crippen LogP contribution in [0.5, 0.6) is 0 Å². The molecule has 1 fully saturated rings. The fraction of sp³-hybridized carbons (Fsp3) is 0.500. The summed E-state index contributed by atoms with van der Waals surface area (Å²) in [6, 6.07) is 0. The zero-order chi connectivity index (χ0) is 8.97. The number of carbonyl (C=O) groups is 1. The monoisotopic (exact) mass is 165 g/mol. The minimum absolute atomic E-state index is 0.318. The van der Waals surface area contributed by atoms with Crippen molar-refractivity contribution in [3.8, 4) is 0 Å². The molecule has 0 spiro atoms. The van der Waals surface area contributed by atoms with E-state index >= 15 is 0 Å². The van der Waals surface area contributed by atoms with E-state index in [0.29, 0.717) is 5.78 Å². The third-order valence-electron chi connectivity index (χ3n) is 1.89. The molecular formula is C10H15NO. The predicted molar refractivity (Wildman–Crippen MR) is 49.8 cm³/mol. The highest BCUT2D eigenvalue weighted by Gasteiger charge is 2.15. The van der Waals surface area contributed by atoms with Crippen LogP contribution in [0.15, 0.2) is 23.9 Å². The molecule has 0 heterocycles. The van der Waals surface area contributed by atoms with Crippen LogP contribution >= 0.6 is 0 Å². The van der Waals surface area contributed by atoms with Crippen molar-refractivity contribution >= 4 is 5.78 Å². The molecule has 12 heavy (non-hydrogen) atoms. The van der Waals surface area contributed by atoms with E-state index in [1.165, 1.54) is 0 Å². The molecule has 0 amide bonds. The van der Waals surface area contributed by atoms with Gasteiger partial charge in [-0.15, -0.1) is 0 Å². The molecule has 0 saturated heterocycles. The fourth-order valence-corrected chi connectivity index (χ4v) is 1.25. The zero-order valence-corrected chi connectivity index (χ0v) is 7.71. The van der Waals surface area contributed by atoms with Crippen molar-refractivity contribution in [2.45, 2.75) is 19.3 Å². The molecule has 0 N–H and O–H groups in total. The average molecular weight is 165 g/mol. The van der Waals surface area contributed by atoms with Gasteiger partial charge < -0.3 is 4.90 Å². The number of rotatable bonds is 2. The van der Waals surface area contributed by atoms with Gasteiger partial charge in [0.05, 0.1) is 0 Å². The maximum Gasteiger partial charge on any atom is 0.158 e. The van der Waals surface area contributed by atoms with Gasteiger partial charge in [-0.25, -0.2) is 0 Å². The lowest BCUT2D eigenvalue weighted by Crippen LogP contribution is -1.99. The summed E-state index contributed by atoms with van der Waals surface area (Å²) in [6.07, 6.45) is 8.52. The van der Waals surface area contributed by atoms with Crippen molar-refractivity contribution in [3.05, 3.63) is 23.9 Å². The number of nitrogens with zero attached hydrogens (tertiary/aromatic N) is 1. The van der Waals surface area contributed by atoms with Crippen LogP contribution in [0.3, 0.4) is 0 Å². The van der Waals surface area contributed by atoms with Crippen LogP contribution in [0.25, 0.3) is 0 Å². The summed E-state index contributed by atoms with van der Waals surface area (Å²) in [5, 5.41) is 0. The van der Waals surface area contributed by atoms with Crippen molar-refractivity contribution in [1.82, 2.24) is 4.90 Å². The molecule has 0 aromatic carbocycles. The highest BCUT2D eigenvalue weighted by Crippen LogP contribution is 2.19. The fourth-order valence-electron chi connectivity index (χ4n) is 1.25. The molecule has 1 saturated carbocycles. The van der Waals surface area contributed by atoms with Crippen LogP contribution in [0.4, 0.5) is 0 Å². The molecule has 0 aromatic rings. The molecule has 1 aliphatic rings. The Hall–Kier alpha value is -1.05. The molecule has 0 aliphatic heterocycles. The van der Waals surface area contributed by atoms with Gasteiger partial charge in [0.1, 0.15) is 0 Å². The minimum Gasteiger partial charge on any atom is -0.383 e. The number of hydrogen-bond acceptors (Lipinski definition) is 2. The van der Waals surface area contributed by atoms with E-state index < -0.39 is 0 Å². The lowest BCUT2D eigenvalue weighted by atomic mass is 10.2. The maximum absolute atomic E-state index is 11.1. The lowest BCUT2D eigenvalue weighted by Gasteiger charge is -2.01. The van der Waals surface area contributed by atoms with Crippen LogP contribution in [-0.4, -0.2) is 24.8 Å². The quantitative estimate of drug-likeness (QED) is 0.581. The van der Waals surface area contributed by atoms with Gasteiger partial charge in [0, 0.05) is 20.5 Å². The number of carbonyl (C=O) groups excluding carboxylic acids is 1. The third kappa shape index (κ3) is 2.53. The third-order valence-corrected chi connectivity index (χ3v) is 1.89. The van der Waals surface area contributed by atoms with E-state index in [0.717, 1.165) is 24.8 Å². The topological polar surface area (TPSA) is 20.3 Å². The predicted octanol–water partition coefficient (Wildman–Crippen LogP) is 1.74. The molecule has 0 radical (unpaired) electrons.